The molecule has 0 aromatic carbocycles. The fourth-order valence-corrected chi connectivity index (χ4v) is 4.02. The Hall–Kier alpha value is -0.590. The molecule has 1 atom stereocenters. The highest BCUT2D eigenvalue weighted by Crippen LogP contribution is 2.28. The highest BCUT2D eigenvalue weighted by atomic mass is 32.2. The summed E-state index contributed by atoms with van der Waals surface area (Å²) in [6.07, 6.45) is 3.08. The van der Waals surface area contributed by atoms with E-state index in [9.17, 15) is 4.79 Å². The lowest BCUT2D eigenvalue weighted by Crippen LogP contribution is -2.51. The predicted molar refractivity (Wildman–Crippen MR) is 83.4 cm³/mol. The first-order valence-corrected chi connectivity index (χ1v) is 8.90. The number of aryl methyl sites for hydroxylation is 1. The van der Waals surface area contributed by atoms with Gasteiger partial charge in [-0.25, -0.2) is 4.98 Å². The van der Waals surface area contributed by atoms with E-state index in [-0.39, 0.29) is 5.97 Å². The number of aromatic nitrogens is 1. The molecule has 112 valence electrons. The van der Waals surface area contributed by atoms with Gasteiger partial charge in [0.25, 0.3) is 0 Å². The summed E-state index contributed by atoms with van der Waals surface area (Å²) in [4.78, 5) is 16.6. The van der Waals surface area contributed by atoms with E-state index in [1.807, 2.05) is 20.8 Å². The molecule has 1 aromatic heterocycles. The molecule has 0 spiro atoms. The summed E-state index contributed by atoms with van der Waals surface area (Å²) >= 11 is 3.37. The molecule has 1 aliphatic carbocycles. The van der Waals surface area contributed by atoms with E-state index >= 15 is 0 Å². The van der Waals surface area contributed by atoms with Crippen molar-refractivity contribution in [1.29, 1.82) is 0 Å². The molecule has 1 aromatic rings. The van der Waals surface area contributed by atoms with Crippen LogP contribution in [0.15, 0.2) is 9.72 Å². The number of nitrogens with zero attached hydrogens (tertiary/aromatic N) is 1. The third kappa shape index (κ3) is 4.46. The lowest BCUT2D eigenvalue weighted by atomic mass is 9.99. The number of esters is 1. The molecule has 2 rings (SSSR count). The normalized spacial score (nSPS) is 17.8. The van der Waals surface area contributed by atoms with E-state index < -0.39 is 5.54 Å². The number of carbonyl (C=O) groups is 1. The standard InChI is InChI=1S/C14H22N2O2S2/c1-4-18-12(17)14(3,16-11-5-6-11)7-8-19-13-15-10(2)9-20-13/h9,11,16H,4-8H2,1-3H3. The second-order valence-corrected chi connectivity index (χ2v) is 7.52. The van der Waals surface area contributed by atoms with E-state index in [4.69, 9.17) is 4.74 Å². The van der Waals surface area contributed by atoms with Gasteiger partial charge >= 0.3 is 5.97 Å². The van der Waals surface area contributed by atoms with E-state index in [1.165, 1.54) is 0 Å². The van der Waals surface area contributed by atoms with Crippen molar-refractivity contribution >= 4 is 29.1 Å². The van der Waals surface area contributed by atoms with Crippen LogP contribution in [-0.4, -0.2) is 34.9 Å². The quantitative estimate of drug-likeness (QED) is 0.590. The average molecular weight is 314 g/mol. The van der Waals surface area contributed by atoms with Gasteiger partial charge in [-0.2, -0.15) is 0 Å². The first-order valence-electron chi connectivity index (χ1n) is 7.03. The molecule has 4 nitrogen and oxygen atoms in total. The van der Waals surface area contributed by atoms with Crippen molar-refractivity contribution in [3.8, 4) is 0 Å². The Bertz CT molecular complexity index is 460. The molecule has 1 aliphatic rings. The summed E-state index contributed by atoms with van der Waals surface area (Å²) in [5, 5.41) is 5.49. The molecule has 0 bridgehead atoms. The molecule has 1 unspecified atom stereocenters. The molecular formula is C14H22N2O2S2. The SMILES string of the molecule is CCOC(=O)C(C)(CCSc1nc(C)cs1)NC1CC1. The Morgan fingerprint density at radius 2 is 2.40 bits per heavy atom. The van der Waals surface area contributed by atoms with Gasteiger partial charge in [-0.15, -0.1) is 11.3 Å². The van der Waals surface area contributed by atoms with Crippen LogP contribution < -0.4 is 5.32 Å². The highest BCUT2D eigenvalue weighted by Gasteiger charge is 2.39. The lowest BCUT2D eigenvalue weighted by Gasteiger charge is -2.28. The Morgan fingerprint density at radius 1 is 1.65 bits per heavy atom. The summed E-state index contributed by atoms with van der Waals surface area (Å²) in [6, 6.07) is 0.483. The predicted octanol–water partition coefficient (Wildman–Crippen LogP) is 3.01. The van der Waals surface area contributed by atoms with E-state index in [2.05, 4.69) is 15.7 Å². The summed E-state index contributed by atoms with van der Waals surface area (Å²) < 4.78 is 6.29. The molecule has 20 heavy (non-hydrogen) atoms. The van der Waals surface area contributed by atoms with Crippen LogP contribution in [-0.2, 0) is 9.53 Å². The second kappa shape index (κ2) is 6.91. The van der Waals surface area contributed by atoms with Crippen LogP contribution in [0.3, 0.4) is 0 Å². The molecule has 0 radical (unpaired) electrons. The Kier molecular flexibility index (Phi) is 5.46. The van der Waals surface area contributed by atoms with Crippen LogP contribution in [0, 0.1) is 6.92 Å². The molecule has 0 saturated heterocycles. The number of hydrogen-bond acceptors (Lipinski definition) is 6. The number of hydrogen-bond donors (Lipinski definition) is 1. The van der Waals surface area contributed by atoms with Crippen molar-refractivity contribution in [3.63, 3.8) is 0 Å². The average Bonchev–Trinajstić information content (AvgIpc) is 3.10. The van der Waals surface area contributed by atoms with Crippen LogP contribution in [0.4, 0.5) is 0 Å². The molecular weight excluding hydrogens is 292 g/mol. The van der Waals surface area contributed by atoms with Crippen LogP contribution in [0.5, 0.6) is 0 Å². The van der Waals surface area contributed by atoms with E-state index in [0.29, 0.717) is 12.6 Å². The summed E-state index contributed by atoms with van der Waals surface area (Å²) in [5.74, 6) is 0.727. The van der Waals surface area contributed by atoms with Gasteiger partial charge in [0.05, 0.1) is 6.61 Å². The van der Waals surface area contributed by atoms with Gasteiger partial charge in [-0.05, 0) is 40.0 Å². The number of ether oxygens (including phenoxy) is 1. The zero-order valence-corrected chi connectivity index (χ0v) is 13.9. The Balaban J connectivity index is 1.87. The fraction of sp³-hybridized carbons (Fsp3) is 0.714. The van der Waals surface area contributed by atoms with Gasteiger partial charge in [0.1, 0.15) is 9.88 Å². The van der Waals surface area contributed by atoms with Crippen molar-refractivity contribution in [1.82, 2.24) is 10.3 Å². The zero-order valence-electron chi connectivity index (χ0n) is 12.3. The van der Waals surface area contributed by atoms with Gasteiger partial charge < -0.3 is 4.74 Å². The number of thiazole rings is 1. The van der Waals surface area contributed by atoms with E-state index in [0.717, 1.165) is 35.0 Å². The first-order chi connectivity index (χ1) is 9.53. The first kappa shape index (κ1) is 15.8. The second-order valence-electron chi connectivity index (χ2n) is 5.32. The van der Waals surface area contributed by atoms with Crippen LogP contribution in [0.2, 0.25) is 0 Å². The Labute approximate surface area is 128 Å². The summed E-state index contributed by atoms with van der Waals surface area (Å²) in [5.41, 5.74) is 0.484. The molecule has 1 N–H and O–H groups in total. The molecule has 6 heteroatoms. The van der Waals surface area contributed by atoms with Crippen molar-refractivity contribution in [2.75, 3.05) is 12.4 Å². The van der Waals surface area contributed by atoms with Gasteiger partial charge in [0.15, 0.2) is 0 Å². The third-order valence-corrected chi connectivity index (χ3v) is 5.39. The molecule has 1 heterocycles. The largest absolute Gasteiger partial charge is 0.465 e. The van der Waals surface area contributed by atoms with Gasteiger partial charge in [0.2, 0.25) is 0 Å². The minimum absolute atomic E-state index is 0.136. The molecule has 1 fully saturated rings. The van der Waals surface area contributed by atoms with Crippen molar-refractivity contribution in [2.24, 2.45) is 0 Å². The minimum atomic E-state index is -0.573. The highest BCUT2D eigenvalue weighted by molar-refractivity contribution is 8.01. The number of carbonyl (C=O) groups excluding carboxylic acids is 1. The summed E-state index contributed by atoms with van der Waals surface area (Å²) in [6.45, 7) is 6.23. The molecule has 0 aliphatic heterocycles. The van der Waals surface area contributed by atoms with Crippen molar-refractivity contribution < 1.29 is 9.53 Å². The number of thioether (sulfide) groups is 1. The van der Waals surface area contributed by atoms with Gasteiger partial charge in [-0.3, -0.25) is 10.1 Å². The maximum absolute atomic E-state index is 12.2. The lowest BCUT2D eigenvalue weighted by molar-refractivity contribution is -0.150. The van der Waals surface area contributed by atoms with Crippen LogP contribution in [0.1, 0.15) is 38.8 Å². The molecule has 0 amide bonds. The fourth-order valence-electron chi connectivity index (χ4n) is 1.94. The zero-order chi connectivity index (χ0) is 14.6. The monoisotopic (exact) mass is 314 g/mol. The van der Waals surface area contributed by atoms with Crippen molar-refractivity contribution in [3.05, 3.63) is 11.1 Å². The van der Waals surface area contributed by atoms with Crippen LogP contribution >= 0.6 is 23.1 Å². The van der Waals surface area contributed by atoms with Gasteiger partial charge in [-0.1, -0.05) is 11.8 Å². The number of nitrogens with one attached hydrogen (secondary N) is 1. The number of rotatable bonds is 8. The van der Waals surface area contributed by atoms with Gasteiger partial charge in [0, 0.05) is 22.9 Å². The topological polar surface area (TPSA) is 51.2 Å². The maximum Gasteiger partial charge on any atom is 0.326 e. The third-order valence-electron chi connectivity index (χ3n) is 3.25. The van der Waals surface area contributed by atoms with Crippen LogP contribution in [0.25, 0.3) is 0 Å². The molecule has 1 saturated carbocycles. The smallest absolute Gasteiger partial charge is 0.326 e. The summed E-state index contributed by atoms with van der Waals surface area (Å²) in [7, 11) is 0. The maximum atomic E-state index is 12.2. The van der Waals surface area contributed by atoms with E-state index in [1.54, 1.807) is 23.1 Å². The Morgan fingerprint density at radius 3 is 2.95 bits per heavy atom. The van der Waals surface area contributed by atoms with Crippen molar-refractivity contribution in [2.45, 2.75) is 56.0 Å². The minimum Gasteiger partial charge on any atom is -0.465 e.